The molecule has 0 aromatic rings. The van der Waals surface area contributed by atoms with E-state index in [2.05, 4.69) is 5.32 Å². The SMILES string of the molecule is CC[C@]1(C(=O)O)CCNC(=O)CC1. The Labute approximate surface area is 77.3 Å². The second kappa shape index (κ2) is 3.77. The van der Waals surface area contributed by atoms with Gasteiger partial charge in [0.15, 0.2) is 0 Å². The van der Waals surface area contributed by atoms with Gasteiger partial charge in [-0.2, -0.15) is 0 Å². The molecule has 1 fully saturated rings. The van der Waals surface area contributed by atoms with Crippen LogP contribution < -0.4 is 5.32 Å². The van der Waals surface area contributed by atoms with Crippen LogP contribution in [-0.2, 0) is 9.59 Å². The van der Waals surface area contributed by atoms with E-state index in [0.717, 1.165) is 0 Å². The molecule has 2 N–H and O–H groups in total. The lowest BCUT2D eigenvalue weighted by Crippen LogP contribution is -2.31. The van der Waals surface area contributed by atoms with E-state index >= 15 is 0 Å². The van der Waals surface area contributed by atoms with E-state index in [1.54, 1.807) is 0 Å². The Balaban J connectivity index is 2.75. The Kier molecular flexibility index (Phi) is 2.90. The van der Waals surface area contributed by atoms with Crippen molar-refractivity contribution in [2.24, 2.45) is 5.41 Å². The summed E-state index contributed by atoms with van der Waals surface area (Å²) in [7, 11) is 0. The van der Waals surface area contributed by atoms with Gasteiger partial charge >= 0.3 is 5.97 Å². The summed E-state index contributed by atoms with van der Waals surface area (Å²) in [5, 5.41) is 11.7. The molecule has 0 radical (unpaired) electrons. The van der Waals surface area contributed by atoms with E-state index in [1.165, 1.54) is 0 Å². The number of nitrogens with one attached hydrogen (secondary N) is 1. The Morgan fingerprint density at radius 3 is 2.85 bits per heavy atom. The molecule has 0 aromatic heterocycles. The molecule has 1 rings (SSSR count). The lowest BCUT2D eigenvalue weighted by atomic mass is 9.78. The predicted octanol–water partition coefficient (Wildman–Crippen LogP) is 0.767. The van der Waals surface area contributed by atoms with E-state index in [-0.39, 0.29) is 5.91 Å². The van der Waals surface area contributed by atoms with Crippen molar-refractivity contribution >= 4 is 11.9 Å². The first-order valence-electron chi connectivity index (χ1n) is 4.61. The van der Waals surface area contributed by atoms with Crippen LogP contribution in [0, 0.1) is 5.41 Å². The van der Waals surface area contributed by atoms with Gasteiger partial charge in [0, 0.05) is 13.0 Å². The first-order chi connectivity index (χ1) is 6.10. The lowest BCUT2D eigenvalue weighted by molar-refractivity contribution is -0.149. The summed E-state index contributed by atoms with van der Waals surface area (Å²) < 4.78 is 0. The number of amides is 1. The molecule has 13 heavy (non-hydrogen) atoms. The quantitative estimate of drug-likeness (QED) is 0.667. The summed E-state index contributed by atoms with van der Waals surface area (Å²) in [6, 6.07) is 0. The summed E-state index contributed by atoms with van der Waals surface area (Å²) in [6.45, 7) is 2.35. The van der Waals surface area contributed by atoms with Gasteiger partial charge in [-0.1, -0.05) is 6.92 Å². The Morgan fingerprint density at radius 1 is 1.62 bits per heavy atom. The molecule has 0 spiro atoms. The summed E-state index contributed by atoms with van der Waals surface area (Å²) in [5.74, 6) is -0.803. The van der Waals surface area contributed by atoms with Gasteiger partial charge in [-0.05, 0) is 19.3 Å². The fraction of sp³-hybridized carbons (Fsp3) is 0.778. The van der Waals surface area contributed by atoms with Crippen molar-refractivity contribution in [2.75, 3.05) is 6.54 Å². The van der Waals surface area contributed by atoms with Crippen molar-refractivity contribution in [2.45, 2.75) is 32.6 Å². The number of carboxylic acid groups (broad SMARTS) is 1. The molecule has 1 heterocycles. The molecule has 74 valence electrons. The van der Waals surface area contributed by atoms with Crippen LogP contribution in [0.15, 0.2) is 0 Å². The molecular weight excluding hydrogens is 170 g/mol. The zero-order valence-electron chi connectivity index (χ0n) is 7.80. The zero-order valence-corrected chi connectivity index (χ0v) is 7.80. The smallest absolute Gasteiger partial charge is 0.309 e. The van der Waals surface area contributed by atoms with Crippen molar-refractivity contribution in [1.29, 1.82) is 0 Å². The third kappa shape index (κ3) is 1.99. The van der Waals surface area contributed by atoms with Crippen LogP contribution in [-0.4, -0.2) is 23.5 Å². The van der Waals surface area contributed by atoms with Gasteiger partial charge < -0.3 is 10.4 Å². The normalized spacial score (nSPS) is 29.2. The maximum Gasteiger partial charge on any atom is 0.309 e. The molecule has 1 aliphatic heterocycles. The van der Waals surface area contributed by atoms with Crippen molar-refractivity contribution in [1.82, 2.24) is 5.32 Å². The Hall–Kier alpha value is -1.06. The monoisotopic (exact) mass is 185 g/mol. The topological polar surface area (TPSA) is 66.4 Å². The molecule has 0 bridgehead atoms. The van der Waals surface area contributed by atoms with Crippen molar-refractivity contribution < 1.29 is 14.7 Å². The first kappa shape index (κ1) is 10.0. The molecule has 0 aliphatic carbocycles. The highest BCUT2D eigenvalue weighted by molar-refractivity contribution is 5.80. The average Bonchev–Trinajstić information content (AvgIpc) is 2.28. The van der Waals surface area contributed by atoms with Crippen molar-refractivity contribution in [3.05, 3.63) is 0 Å². The molecule has 1 saturated heterocycles. The fourth-order valence-electron chi connectivity index (χ4n) is 1.73. The molecule has 1 atom stereocenters. The largest absolute Gasteiger partial charge is 0.481 e. The minimum atomic E-state index is -0.772. The molecule has 1 aliphatic rings. The first-order valence-corrected chi connectivity index (χ1v) is 4.61. The third-order valence-corrected chi connectivity index (χ3v) is 2.89. The molecule has 1 amide bonds. The molecule has 0 saturated carbocycles. The second-order valence-electron chi connectivity index (χ2n) is 3.54. The van der Waals surface area contributed by atoms with E-state index in [4.69, 9.17) is 5.11 Å². The second-order valence-corrected chi connectivity index (χ2v) is 3.54. The minimum Gasteiger partial charge on any atom is -0.481 e. The standard InChI is InChI=1S/C9H15NO3/c1-2-9(8(12)13)4-3-7(11)10-6-5-9/h2-6H2,1H3,(H,10,11)(H,12,13)/t9-/m1/s1. The highest BCUT2D eigenvalue weighted by Gasteiger charge is 2.37. The van der Waals surface area contributed by atoms with Gasteiger partial charge in [-0.3, -0.25) is 9.59 Å². The molecule has 4 heteroatoms. The van der Waals surface area contributed by atoms with Crippen LogP contribution in [0.1, 0.15) is 32.6 Å². The van der Waals surface area contributed by atoms with Gasteiger partial charge in [0.2, 0.25) is 5.91 Å². The van der Waals surface area contributed by atoms with Gasteiger partial charge in [-0.15, -0.1) is 0 Å². The van der Waals surface area contributed by atoms with E-state index in [1.807, 2.05) is 6.92 Å². The van der Waals surface area contributed by atoms with E-state index < -0.39 is 11.4 Å². The fourth-order valence-corrected chi connectivity index (χ4v) is 1.73. The number of hydrogen-bond acceptors (Lipinski definition) is 2. The van der Waals surface area contributed by atoms with E-state index in [0.29, 0.717) is 32.2 Å². The number of hydrogen-bond donors (Lipinski definition) is 2. The summed E-state index contributed by atoms with van der Waals surface area (Å²) in [6.07, 6.45) is 1.94. The van der Waals surface area contributed by atoms with E-state index in [9.17, 15) is 9.59 Å². The minimum absolute atomic E-state index is 0.0309. The molecule has 0 unspecified atom stereocenters. The molecular formula is C9H15NO3. The van der Waals surface area contributed by atoms with Crippen molar-refractivity contribution in [3.63, 3.8) is 0 Å². The van der Waals surface area contributed by atoms with Crippen LogP contribution in [0.2, 0.25) is 0 Å². The van der Waals surface area contributed by atoms with Crippen molar-refractivity contribution in [3.8, 4) is 0 Å². The zero-order chi connectivity index (χ0) is 9.90. The average molecular weight is 185 g/mol. The van der Waals surface area contributed by atoms with Gasteiger partial charge in [0.05, 0.1) is 5.41 Å². The summed E-state index contributed by atoms with van der Waals surface area (Å²) in [5.41, 5.74) is -0.681. The highest BCUT2D eigenvalue weighted by Crippen LogP contribution is 2.33. The Bertz CT molecular complexity index is 227. The summed E-state index contributed by atoms with van der Waals surface area (Å²) >= 11 is 0. The maximum atomic E-state index is 11.0. The van der Waals surface area contributed by atoms with Gasteiger partial charge in [0.25, 0.3) is 0 Å². The predicted molar refractivity (Wildman–Crippen MR) is 47.2 cm³/mol. The van der Waals surface area contributed by atoms with Crippen LogP contribution >= 0.6 is 0 Å². The molecule has 0 aromatic carbocycles. The number of carbonyl (C=O) groups excluding carboxylic acids is 1. The maximum absolute atomic E-state index is 11.0. The van der Waals surface area contributed by atoms with Crippen LogP contribution in [0.4, 0.5) is 0 Å². The van der Waals surface area contributed by atoms with Gasteiger partial charge in [-0.25, -0.2) is 0 Å². The number of carboxylic acids is 1. The lowest BCUT2D eigenvalue weighted by Gasteiger charge is -2.25. The Morgan fingerprint density at radius 2 is 2.31 bits per heavy atom. The number of rotatable bonds is 2. The van der Waals surface area contributed by atoms with Gasteiger partial charge in [0.1, 0.15) is 0 Å². The van der Waals surface area contributed by atoms with Crippen LogP contribution in [0.5, 0.6) is 0 Å². The van der Waals surface area contributed by atoms with Crippen LogP contribution in [0.3, 0.4) is 0 Å². The highest BCUT2D eigenvalue weighted by atomic mass is 16.4. The number of aliphatic carboxylic acids is 1. The molecule has 4 nitrogen and oxygen atoms in total. The van der Waals surface area contributed by atoms with Crippen LogP contribution in [0.25, 0.3) is 0 Å². The third-order valence-electron chi connectivity index (χ3n) is 2.89. The number of carbonyl (C=O) groups is 2. The summed E-state index contributed by atoms with van der Waals surface area (Å²) in [4.78, 5) is 22.0.